The predicted octanol–water partition coefficient (Wildman–Crippen LogP) is 2.93. The molecule has 0 radical (unpaired) electrons. The number of H-pyrrole nitrogens is 2. The van der Waals surface area contributed by atoms with Crippen molar-refractivity contribution in [1.82, 2.24) is 20.5 Å². The molecule has 0 aliphatic heterocycles. The lowest BCUT2D eigenvalue weighted by molar-refractivity contribution is -0.137. The highest BCUT2D eigenvalue weighted by Gasteiger charge is 2.32. The summed E-state index contributed by atoms with van der Waals surface area (Å²) in [6, 6.07) is 2.66. The number of amides is 1. The fourth-order valence-electron chi connectivity index (χ4n) is 2.52. The first kappa shape index (κ1) is 18.5. The fraction of sp³-hybridized carbons (Fsp3) is 0.188. The van der Waals surface area contributed by atoms with E-state index in [0.717, 1.165) is 24.4 Å². The number of carbonyl (C=O) groups excluding carboxylic acids is 1. The zero-order valence-electron chi connectivity index (χ0n) is 13.3. The van der Waals surface area contributed by atoms with Gasteiger partial charge in [-0.05, 0) is 23.8 Å². The molecule has 6 nitrogen and oxygen atoms in total. The second kappa shape index (κ2) is 6.82. The van der Waals surface area contributed by atoms with Crippen molar-refractivity contribution in [2.24, 2.45) is 0 Å². The first-order chi connectivity index (χ1) is 12.7. The van der Waals surface area contributed by atoms with E-state index >= 15 is 0 Å². The van der Waals surface area contributed by atoms with E-state index in [2.05, 4.69) is 15.2 Å². The zero-order chi connectivity index (χ0) is 19.8. The summed E-state index contributed by atoms with van der Waals surface area (Å²) in [6.45, 7) is -0.900. The van der Waals surface area contributed by atoms with Gasteiger partial charge in [-0.15, -0.1) is 0 Å². The number of rotatable bonds is 4. The van der Waals surface area contributed by atoms with Gasteiger partial charge in [-0.1, -0.05) is 0 Å². The molecule has 0 aliphatic rings. The molecule has 0 saturated heterocycles. The zero-order valence-corrected chi connectivity index (χ0v) is 13.3. The average Bonchev–Trinajstić information content (AvgIpc) is 3.07. The van der Waals surface area contributed by atoms with Crippen molar-refractivity contribution in [3.8, 4) is 11.1 Å². The molecule has 0 bridgehead atoms. The molecule has 27 heavy (non-hydrogen) atoms. The summed E-state index contributed by atoms with van der Waals surface area (Å²) < 4.78 is 63.9. The average molecular weight is 386 g/mol. The molecule has 2 aromatic heterocycles. The van der Waals surface area contributed by atoms with Crippen LogP contribution in [-0.2, 0) is 6.18 Å². The summed E-state index contributed by atoms with van der Waals surface area (Å²) in [5.74, 6) is -0.900. The maximum Gasteiger partial charge on any atom is 0.416 e. The molecule has 0 saturated carbocycles. The summed E-state index contributed by atoms with van der Waals surface area (Å²) in [7, 11) is 0. The van der Waals surface area contributed by atoms with Gasteiger partial charge in [-0.2, -0.15) is 18.3 Å². The Morgan fingerprint density at radius 1 is 1.19 bits per heavy atom. The third-order valence-corrected chi connectivity index (χ3v) is 3.76. The van der Waals surface area contributed by atoms with E-state index < -0.39 is 36.2 Å². The Hall–Kier alpha value is -3.24. The minimum Gasteiger partial charge on any atom is -0.346 e. The number of carbonyl (C=O) groups is 1. The molecule has 0 aliphatic carbocycles. The van der Waals surface area contributed by atoms with Crippen LogP contribution in [0.4, 0.5) is 22.0 Å². The second-order valence-electron chi connectivity index (χ2n) is 5.59. The van der Waals surface area contributed by atoms with Crippen LogP contribution in [0.2, 0.25) is 0 Å². The van der Waals surface area contributed by atoms with E-state index in [1.54, 1.807) is 0 Å². The van der Waals surface area contributed by atoms with E-state index in [1.165, 1.54) is 6.20 Å². The number of nitrogens with zero attached hydrogens (tertiary/aromatic N) is 1. The Kier molecular flexibility index (Phi) is 4.68. The van der Waals surface area contributed by atoms with Crippen molar-refractivity contribution >= 4 is 16.8 Å². The largest absolute Gasteiger partial charge is 0.416 e. The van der Waals surface area contributed by atoms with Gasteiger partial charge in [0.05, 0.1) is 29.4 Å². The van der Waals surface area contributed by atoms with Crippen LogP contribution in [-0.4, -0.2) is 34.1 Å². The first-order valence-corrected chi connectivity index (χ1v) is 7.50. The Labute approximate surface area is 147 Å². The van der Waals surface area contributed by atoms with Crippen LogP contribution in [0.5, 0.6) is 0 Å². The number of pyridine rings is 1. The number of aromatic amines is 2. The molecule has 11 heteroatoms. The van der Waals surface area contributed by atoms with Gasteiger partial charge >= 0.3 is 6.18 Å². The van der Waals surface area contributed by atoms with E-state index in [9.17, 15) is 31.5 Å². The topological polar surface area (TPSA) is 90.6 Å². The number of benzene rings is 1. The van der Waals surface area contributed by atoms with E-state index in [-0.39, 0.29) is 27.6 Å². The number of aromatic nitrogens is 3. The summed E-state index contributed by atoms with van der Waals surface area (Å²) in [5.41, 5.74) is -2.22. The SMILES string of the molecule is O=C(NCC(F)F)c1c[nH]c(=O)c(-c2cc(C(F)(F)F)cc3[nH]ncc23)c1. The summed E-state index contributed by atoms with van der Waals surface area (Å²) >= 11 is 0. The molecule has 1 aromatic carbocycles. The number of alkyl halides is 5. The third kappa shape index (κ3) is 3.81. The molecular formula is C16H11F5N4O2. The van der Waals surface area contributed by atoms with Crippen molar-refractivity contribution < 1.29 is 26.7 Å². The van der Waals surface area contributed by atoms with Crippen molar-refractivity contribution in [3.05, 3.63) is 52.1 Å². The molecule has 0 fully saturated rings. The molecule has 0 unspecified atom stereocenters. The Morgan fingerprint density at radius 3 is 2.59 bits per heavy atom. The minimum absolute atomic E-state index is 0.0479. The number of hydrogen-bond donors (Lipinski definition) is 3. The number of hydrogen-bond acceptors (Lipinski definition) is 3. The van der Waals surface area contributed by atoms with Crippen molar-refractivity contribution in [2.75, 3.05) is 6.54 Å². The Balaban J connectivity index is 2.13. The number of halogens is 5. The van der Waals surface area contributed by atoms with Gasteiger partial charge in [0.1, 0.15) is 0 Å². The highest BCUT2D eigenvalue weighted by atomic mass is 19.4. The van der Waals surface area contributed by atoms with Gasteiger partial charge in [-0.25, -0.2) is 8.78 Å². The van der Waals surface area contributed by atoms with Crippen LogP contribution in [0.3, 0.4) is 0 Å². The van der Waals surface area contributed by atoms with Crippen LogP contribution in [0.1, 0.15) is 15.9 Å². The highest BCUT2D eigenvalue weighted by molar-refractivity contribution is 5.98. The van der Waals surface area contributed by atoms with Crippen LogP contribution in [0.25, 0.3) is 22.0 Å². The highest BCUT2D eigenvalue weighted by Crippen LogP contribution is 2.35. The third-order valence-electron chi connectivity index (χ3n) is 3.76. The Bertz CT molecular complexity index is 1050. The quantitative estimate of drug-likeness (QED) is 0.602. The smallest absolute Gasteiger partial charge is 0.346 e. The monoisotopic (exact) mass is 386 g/mol. The van der Waals surface area contributed by atoms with Crippen molar-refractivity contribution in [1.29, 1.82) is 0 Å². The molecule has 3 N–H and O–H groups in total. The molecular weight excluding hydrogens is 375 g/mol. The first-order valence-electron chi connectivity index (χ1n) is 7.50. The van der Waals surface area contributed by atoms with E-state index in [0.29, 0.717) is 0 Å². The summed E-state index contributed by atoms with van der Waals surface area (Å²) in [6.07, 6.45) is -5.21. The van der Waals surface area contributed by atoms with Gasteiger partial charge in [0.15, 0.2) is 0 Å². The lowest BCUT2D eigenvalue weighted by Gasteiger charge is -2.11. The van der Waals surface area contributed by atoms with Gasteiger partial charge in [0.2, 0.25) is 0 Å². The van der Waals surface area contributed by atoms with Gasteiger partial charge in [-0.3, -0.25) is 14.7 Å². The predicted molar refractivity (Wildman–Crippen MR) is 85.5 cm³/mol. The van der Waals surface area contributed by atoms with Crippen molar-refractivity contribution in [3.63, 3.8) is 0 Å². The van der Waals surface area contributed by atoms with Crippen LogP contribution in [0, 0.1) is 0 Å². The molecule has 0 spiro atoms. The normalized spacial score (nSPS) is 11.9. The molecule has 3 rings (SSSR count). The lowest BCUT2D eigenvalue weighted by atomic mass is 9.99. The lowest BCUT2D eigenvalue weighted by Crippen LogP contribution is -2.29. The standard InChI is InChI=1S/C16H11F5N4O2/c17-13(18)6-23-14(26)7-1-10(15(27)22-4-7)9-2-8(16(19,20)21)3-12-11(9)5-24-25-12/h1-5,13H,6H2,(H,22,27)(H,23,26)(H,24,25). The molecule has 142 valence electrons. The Morgan fingerprint density at radius 2 is 1.93 bits per heavy atom. The van der Waals surface area contributed by atoms with Gasteiger partial charge < -0.3 is 10.3 Å². The number of fused-ring (bicyclic) bond motifs is 1. The second-order valence-corrected chi connectivity index (χ2v) is 5.59. The molecule has 2 heterocycles. The van der Waals surface area contributed by atoms with Gasteiger partial charge in [0.25, 0.3) is 17.9 Å². The van der Waals surface area contributed by atoms with Crippen molar-refractivity contribution in [2.45, 2.75) is 12.6 Å². The van der Waals surface area contributed by atoms with Crippen LogP contribution >= 0.6 is 0 Å². The molecule has 0 atom stereocenters. The maximum absolute atomic E-state index is 13.1. The summed E-state index contributed by atoms with van der Waals surface area (Å²) in [4.78, 5) is 26.3. The summed E-state index contributed by atoms with van der Waals surface area (Å²) in [5, 5.41) is 8.28. The van der Waals surface area contributed by atoms with E-state index in [1.807, 2.05) is 5.32 Å². The van der Waals surface area contributed by atoms with Crippen LogP contribution < -0.4 is 10.9 Å². The molecule has 1 amide bonds. The van der Waals surface area contributed by atoms with Gasteiger partial charge in [0, 0.05) is 17.1 Å². The maximum atomic E-state index is 13.1. The minimum atomic E-state index is -4.67. The number of nitrogens with one attached hydrogen (secondary N) is 3. The fourth-order valence-corrected chi connectivity index (χ4v) is 2.52. The van der Waals surface area contributed by atoms with Crippen LogP contribution in [0.15, 0.2) is 35.4 Å². The van der Waals surface area contributed by atoms with E-state index in [4.69, 9.17) is 0 Å². The molecule has 3 aromatic rings.